The zero-order chi connectivity index (χ0) is 20.7. The van der Waals surface area contributed by atoms with Gasteiger partial charge in [0.25, 0.3) is 5.91 Å². The first kappa shape index (κ1) is 22.0. The van der Waals surface area contributed by atoms with Gasteiger partial charge >= 0.3 is 0 Å². The van der Waals surface area contributed by atoms with Crippen molar-refractivity contribution in [2.24, 2.45) is 0 Å². The van der Waals surface area contributed by atoms with Crippen LogP contribution in [0.2, 0.25) is 0 Å². The number of nitrogens with zero attached hydrogens (tertiary/aromatic N) is 1. The largest absolute Gasteiger partial charge is 0.483 e. The third kappa shape index (κ3) is 5.83. The highest BCUT2D eigenvalue weighted by molar-refractivity contribution is 9.10. The summed E-state index contributed by atoms with van der Waals surface area (Å²) in [4.78, 5) is 26.5. The van der Waals surface area contributed by atoms with Crippen molar-refractivity contribution in [3.63, 3.8) is 0 Å². The Labute approximate surface area is 175 Å². The van der Waals surface area contributed by atoms with E-state index in [0.717, 1.165) is 10.0 Å². The Bertz CT molecular complexity index is 809. The first-order valence-electron chi connectivity index (χ1n) is 9.30. The summed E-state index contributed by atoms with van der Waals surface area (Å²) in [6, 6.07) is 14.8. The maximum atomic E-state index is 12.9. The topological polar surface area (TPSA) is 58.6 Å². The van der Waals surface area contributed by atoms with Gasteiger partial charge in [-0.2, -0.15) is 0 Å². The van der Waals surface area contributed by atoms with Gasteiger partial charge in [0.1, 0.15) is 11.8 Å². The second-order valence-corrected chi connectivity index (χ2v) is 7.79. The quantitative estimate of drug-likeness (QED) is 0.663. The van der Waals surface area contributed by atoms with Gasteiger partial charge in [-0.3, -0.25) is 9.59 Å². The number of carbonyl (C=O) groups excluding carboxylic acids is 2. The summed E-state index contributed by atoms with van der Waals surface area (Å²) >= 11 is 3.51. The van der Waals surface area contributed by atoms with Gasteiger partial charge in [0.05, 0.1) is 4.47 Å². The molecule has 0 unspecified atom stereocenters. The van der Waals surface area contributed by atoms with E-state index in [1.807, 2.05) is 48.5 Å². The Morgan fingerprint density at radius 3 is 2.36 bits per heavy atom. The van der Waals surface area contributed by atoms with E-state index in [1.165, 1.54) is 10.5 Å². The Balaban J connectivity index is 2.12. The summed E-state index contributed by atoms with van der Waals surface area (Å²) in [5.74, 6) is 0.540. The minimum atomic E-state index is -0.604. The fourth-order valence-electron chi connectivity index (χ4n) is 2.79. The zero-order valence-electron chi connectivity index (χ0n) is 16.7. The number of nitrogens with one attached hydrogen (secondary N) is 1. The van der Waals surface area contributed by atoms with E-state index in [4.69, 9.17) is 4.74 Å². The van der Waals surface area contributed by atoms with Crippen molar-refractivity contribution in [3.8, 4) is 5.75 Å². The number of benzene rings is 2. The molecule has 6 heteroatoms. The molecule has 150 valence electrons. The summed E-state index contributed by atoms with van der Waals surface area (Å²) < 4.78 is 6.55. The van der Waals surface area contributed by atoms with E-state index >= 15 is 0 Å². The summed E-state index contributed by atoms with van der Waals surface area (Å²) in [5, 5.41) is 2.60. The standard InChI is InChI=1S/C22H27BrN2O3/c1-15(2)18-10-11-20(19(23)12-18)28-14-21(26)25(16(3)22(27)24-4)13-17-8-6-5-7-9-17/h5-12,15-16H,13-14H2,1-4H3,(H,24,27)/t16-/m0/s1. The molecule has 1 N–H and O–H groups in total. The minimum Gasteiger partial charge on any atom is -0.483 e. The maximum Gasteiger partial charge on any atom is 0.261 e. The first-order chi connectivity index (χ1) is 13.3. The average Bonchev–Trinajstić information content (AvgIpc) is 2.70. The highest BCUT2D eigenvalue weighted by Gasteiger charge is 2.26. The van der Waals surface area contributed by atoms with E-state index in [2.05, 4.69) is 35.1 Å². The predicted octanol–water partition coefficient (Wildman–Crippen LogP) is 4.11. The molecule has 0 heterocycles. The molecule has 0 saturated heterocycles. The number of rotatable bonds is 8. The van der Waals surface area contributed by atoms with E-state index in [0.29, 0.717) is 18.2 Å². The van der Waals surface area contributed by atoms with Crippen molar-refractivity contribution in [1.82, 2.24) is 10.2 Å². The molecule has 5 nitrogen and oxygen atoms in total. The van der Waals surface area contributed by atoms with E-state index in [1.54, 1.807) is 14.0 Å². The smallest absolute Gasteiger partial charge is 0.261 e. The highest BCUT2D eigenvalue weighted by atomic mass is 79.9. The van der Waals surface area contributed by atoms with Gasteiger partial charge in [-0.05, 0) is 52.0 Å². The Morgan fingerprint density at radius 1 is 1.11 bits per heavy atom. The van der Waals surface area contributed by atoms with Gasteiger partial charge in [0, 0.05) is 13.6 Å². The lowest BCUT2D eigenvalue weighted by Crippen LogP contribution is -2.48. The molecule has 2 aromatic rings. The first-order valence-corrected chi connectivity index (χ1v) is 10.1. The summed E-state index contributed by atoms with van der Waals surface area (Å²) in [7, 11) is 1.56. The monoisotopic (exact) mass is 446 g/mol. The van der Waals surface area contributed by atoms with Gasteiger partial charge in [-0.25, -0.2) is 0 Å². The fraction of sp³-hybridized carbons (Fsp3) is 0.364. The Hall–Kier alpha value is -2.34. The van der Waals surface area contributed by atoms with Gasteiger partial charge in [-0.1, -0.05) is 50.2 Å². The van der Waals surface area contributed by atoms with Crippen LogP contribution in [0.4, 0.5) is 0 Å². The molecule has 2 aromatic carbocycles. The van der Waals surface area contributed by atoms with Crippen LogP contribution in [0.5, 0.6) is 5.75 Å². The van der Waals surface area contributed by atoms with Crippen molar-refractivity contribution in [2.45, 2.75) is 39.3 Å². The minimum absolute atomic E-state index is 0.145. The second kappa shape index (κ2) is 10.3. The Kier molecular flexibility index (Phi) is 8.05. The molecule has 0 radical (unpaired) electrons. The van der Waals surface area contributed by atoms with Gasteiger partial charge in [0.2, 0.25) is 5.91 Å². The van der Waals surface area contributed by atoms with E-state index < -0.39 is 6.04 Å². The van der Waals surface area contributed by atoms with Crippen LogP contribution >= 0.6 is 15.9 Å². The van der Waals surface area contributed by atoms with Crippen LogP contribution < -0.4 is 10.1 Å². The second-order valence-electron chi connectivity index (χ2n) is 6.93. The number of hydrogen-bond acceptors (Lipinski definition) is 3. The number of carbonyl (C=O) groups is 2. The molecule has 0 fully saturated rings. The molecule has 0 saturated carbocycles. The third-order valence-corrected chi connectivity index (χ3v) is 5.20. The number of ether oxygens (including phenoxy) is 1. The molecule has 0 aliphatic carbocycles. The summed E-state index contributed by atoms with van der Waals surface area (Å²) in [6.45, 7) is 6.15. The summed E-state index contributed by atoms with van der Waals surface area (Å²) in [6.07, 6.45) is 0. The zero-order valence-corrected chi connectivity index (χ0v) is 18.3. The number of likely N-dealkylation sites (N-methyl/N-ethyl adjacent to an activating group) is 1. The van der Waals surface area contributed by atoms with Crippen LogP contribution in [0.1, 0.15) is 37.8 Å². The van der Waals surface area contributed by atoms with Crippen molar-refractivity contribution in [1.29, 1.82) is 0 Å². The third-order valence-electron chi connectivity index (χ3n) is 4.58. The van der Waals surface area contributed by atoms with Crippen LogP contribution in [-0.2, 0) is 16.1 Å². The predicted molar refractivity (Wildman–Crippen MR) is 114 cm³/mol. The van der Waals surface area contributed by atoms with Crippen LogP contribution in [0.3, 0.4) is 0 Å². The number of halogens is 1. The van der Waals surface area contributed by atoms with E-state index in [9.17, 15) is 9.59 Å². The molecule has 0 aliphatic heterocycles. The molecular weight excluding hydrogens is 420 g/mol. The van der Waals surface area contributed by atoms with Crippen LogP contribution in [0.25, 0.3) is 0 Å². The van der Waals surface area contributed by atoms with Crippen LogP contribution in [0, 0.1) is 0 Å². The van der Waals surface area contributed by atoms with Crippen molar-refractivity contribution in [2.75, 3.05) is 13.7 Å². The molecule has 0 spiro atoms. The van der Waals surface area contributed by atoms with Gasteiger partial charge in [0.15, 0.2) is 6.61 Å². The van der Waals surface area contributed by atoms with Gasteiger partial charge < -0.3 is 15.0 Å². The number of hydrogen-bond donors (Lipinski definition) is 1. The lowest BCUT2D eigenvalue weighted by atomic mass is 10.0. The molecular formula is C22H27BrN2O3. The number of amides is 2. The normalized spacial score (nSPS) is 11.8. The summed E-state index contributed by atoms with van der Waals surface area (Å²) in [5.41, 5.74) is 2.14. The average molecular weight is 447 g/mol. The molecule has 1 atom stereocenters. The molecule has 0 aliphatic rings. The SMILES string of the molecule is CNC(=O)[C@H](C)N(Cc1ccccc1)C(=O)COc1ccc(C(C)C)cc1Br. The molecule has 2 amide bonds. The van der Waals surface area contributed by atoms with Crippen molar-refractivity contribution < 1.29 is 14.3 Å². The molecule has 2 rings (SSSR count). The van der Waals surface area contributed by atoms with Crippen molar-refractivity contribution >= 4 is 27.7 Å². The Morgan fingerprint density at radius 2 is 1.79 bits per heavy atom. The lowest BCUT2D eigenvalue weighted by molar-refractivity contribution is -0.142. The molecule has 0 aromatic heterocycles. The maximum absolute atomic E-state index is 12.9. The lowest BCUT2D eigenvalue weighted by Gasteiger charge is -2.28. The molecule has 0 bridgehead atoms. The molecule has 28 heavy (non-hydrogen) atoms. The van der Waals surface area contributed by atoms with Crippen LogP contribution in [0.15, 0.2) is 53.0 Å². The highest BCUT2D eigenvalue weighted by Crippen LogP contribution is 2.29. The van der Waals surface area contributed by atoms with Crippen LogP contribution in [-0.4, -0.2) is 36.4 Å². The fourth-order valence-corrected chi connectivity index (χ4v) is 3.30. The van der Waals surface area contributed by atoms with E-state index in [-0.39, 0.29) is 18.4 Å². The van der Waals surface area contributed by atoms with Gasteiger partial charge in [-0.15, -0.1) is 0 Å². The van der Waals surface area contributed by atoms with Crippen molar-refractivity contribution in [3.05, 3.63) is 64.1 Å².